The smallest absolute Gasteiger partial charge is 0.328 e. The molecule has 33 heavy (non-hydrogen) atoms. The van der Waals surface area contributed by atoms with Gasteiger partial charge in [-0.2, -0.15) is 0 Å². The number of hydrogen-bond donors (Lipinski definition) is 5. The molecular formula is C19H25N7O7. The van der Waals surface area contributed by atoms with Gasteiger partial charge in [0, 0.05) is 6.54 Å². The molecule has 14 nitrogen and oxygen atoms in total. The number of phenolic OH excluding ortho intramolecular Hbond substituents is 1. The average Bonchev–Trinajstić information content (AvgIpc) is 3.27. The maximum atomic E-state index is 12.5. The van der Waals surface area contributed by atoms with Crippen LogP contribution in [0.1, 0.15) is 40.8 Å². The number of nitro groups is 1. The lowest BCUT2D eigenvalue weighted by atomic mass is 10.1. The van der Waals surface area contributed by atoms with Crippen LogP contribution >= 0.6 is 0 Å². The molecule has 0 aliphatic rings. The first-order chi connectivity index (χ1) is 15.7. The van der Waals surface area contributed by atoms with Gasteiger partial charge in [0.1, 0.15) is 18.1 Å². The summed E-state index contributed by atoms with van der Waals surface area (Å²) in [6, 6.07) is 4.83. The lowest BCUT2D eigenvalue weighted by molar-refractivity contribution is -0.525. The second-order valence-corrected chi connectivity index (χ2v) is 6.88. The molecule has 7 N–H and O–H groups in total. The predicted molar refractivity (Wildman–Crippen MR) is 114 cm³/mol. The topological polar surface area (TPSA) is 221 Å². The number of nitrogens with one attached hydrogen (secondary N) is 2. The molecule has 1 heterocycles. The normalized spacial score (nSPS) is 13.1. The number of nitrogens with zero attached hydrogens (tertiary/aromatic N) is 3. The lowest BCUT2D eigenvalue weighted by Gasteiger charge is -2.15. The number of methoxy groups -OCH3 is 1. The van der Waals surface area contributed by atoms with E-state index in [9.17, 15) is 24.8 Å². The molecule has 178 valence electrons. The summed E-state index contributed by atoms with van der Waals surface area (Å²) in [5.74, 6) is -1.47. The zero-order chi connectivity index (χ0) is 24.4. The highest BCUT2D eigenvalue weighted by molar-refractivity contribution is 5.94. The molecule has 1 aromatic heterocycles. The van der Waals surface area contributed by atoms with Crippen molar-refractivity contribution in [1.29, 1.82) is 0 Å². The molecule has 1 aromatic carbocycles. The molecular weight excluding hydrogens is 438 g/mol. The number of guanidine groups is 1. The van der Waals surface area contributed by atoms with Crippen LogP contribution in [-0.2, 0) is 16.0 Å². The highest BCUT2D eigenvalue weighted by Crippen LogP contribution is 2.18. The SMILES string of the molecule is COC(=O)C(CCCN=C(N)N[N+](=O)[O-])NC(=O)c1coc(C(N)Cc2ccc(O)cc2)n1. The second-order valence-electron chi connectivity index (χ2n) is 6.88. The van der Waals surface area contributed by atoms with Crippen LogP contribution in [0.2, 0.25) is 0 Å². The Morgan fingerprint density at radius 3 is 2.70 bits per heavy atom. The highest BCUT2D eigenvalue weighted by Gasteiger charge is 2.24. The van der Waals surface area contributed by atoms with Crippen molar-refractivity contribution in [2.45, 2.75) is 31.3 Å². The van der Waals surface area contributed by atoms with Crippen molar-refractivity contribution in [2.24, 2.45) is 16.5 Å². The highest BCUT2D eigenvalue weighted by atomic mass is 16.7. The number of nitrogens with two attached hydrogens (primary N) is 2. The molecule has 0 bridgehead atoms. The molecule has 0 aliphatic carbocycles. The Bertz CT molecular complexity index is 991. The fourth-order valence-corrected chi connectivity index (χ4v) is 2.78. The first-order valence-corrected chi connectivity index (χ1v) is 9.78. The number of ether oxygens (including phenoxy) is 1. The molecule has 2 unspecified atom stereocenters. The van der Waals surface area contributed by atoms with Crippen molar-refractivity contribution in [2.75, 3.05) is 13.7 Å². The molecule has 0 saturated carbocycles. The third-order valence-corrected chi connectivity index (χ3v) is 4.39. The van der Waals surface area contributed by atoms with E-state index >= 15 is 0 Å². The number of esters is 1. The summed E-state index contributed by atoms with van der Waals surface area (Å²) in [6.45, 7) is 0.0796. The number of carbonyl (C=O) groups excluding carboxylic acids is 2. The van der Waals surface area contributed by atoms with Crippen LogP contribution in [0, 0.1) is 10.1 Å². The van der Waals surface area contributed by atoms with Gasteiger partial charge >= 0.3 is 5.97 Å². The number of amides is 1. The number of oxazole rings is 1. The van der Waals surface area contributed by atoms with Crippen LogP contribution in [-0.4, -0.2) is 52.7 Å². The van der Waals surface area contributed by atoms with Gasteiger partial charge in [0.2, 0.25) is 5.89 Å². The number of hydrazine groups is 1. The molecule has 2 aromatic rings. The Balaban J connectivity index is 1.94. The molecule has 0 fully saturated rings. The maximum absolute atomic E-state index is 12.5. The zero-order valence-corrected chi connectivity index (χ0v) is 17.8. The number of rotatable bonds is 11. The molecule has 0 radical (unpaired) electrons. The van der Waals surface area contributed by atoms with Crippen LogP contribution in [0.5, 0.6) is 5.75 Å². The summed E-state index contributed by atoms with van der Waals surface area (Å²) in [5, 5.41) is 21.3. The van der Waals surface area contributed by atoms with Gasteiger partial charge in [-0.05, 0) is 37.0 Å². The monoisotopic (exact) mass is 463 g/mol. The first kappa shape index (κ1) is 25.1. The quantitative estimate of drug-likeness (QED) is 0.0731. The standard InChI is InChI=1S/C19H25N7O7/c1-32-18(29)14(3-2-8-22-19(21)25-26(30)31)23-16(28)15-10-33-17(24-15)13(20)9-11-4-6-12(27)7-5-11/h4-7,10,13-14,27H,2-3,8-9,20H2,1H3,(H,23,28)(H3,21,22,25). The van der Waals surface area contributed by atoms with E-state index in [-0.39, 0.29) is 42.7 Å². The van der Waals surface area contributed by atoms with E-state index in [0.29, 0.717) is 6.42 Å². The Morgan fingerprint density at radius 1 is 1.36 bits per heavy atom. The summed E-state index contributed by atoms with van der Waals surface area (Å²) in [6.07, 6.45) is 1.91. The van der Waals surface area contributed by atoms with Gasteiger partial charge < -0.3 is 31.0 Å². The fourth-order valence-electron chi connectivity index (χ4n) is 2.78. The van der Waals surface area contributed by atoms with Gasteiger partial charge in [-0.1, -0.05) is 17.6 Å². The summed E-state index contributed by atoms with van der Waals surface area (Å²) < 4.78 is 10.0. The minimum atomic E-state index is -1.01. The van der Waals surface area contributed by atoms with Crippen LogP contribution in [0.25, 0.3) is 0 Å². The molecule has 0 aliphatic heterocycles. The molecule has 0 spiro atoms. The second kappa shape index (κ2) is 12.0. The van der Waals surface area contributed by atoms with Crippen molar-refractivity contribution in [1.82, 2.24) is 15.7 Å². The minimum Gasteiger partial charge on any atom is -0.508 e. The van der Waals surface area contributed by atoms with E-state index in [1.54, 1.807) is 17.6 Å². The van der Waals surface area contributed by atoms with E-state index < -0.39 is 29.0 Å². The van der Waals surface area contributed by atoms with Crippen LogP contribution in [0.4, 0.5) is 0 Å². The third kappa shape index (κ3) is 8.10. The minimum absolute atomic E-state index is 0.0718. The number of aromatic nitrogens is 1. The number of aliphatic imine (C=N–C) groups is 1. The predicted octanol–water partition coefficient (Wildman–Crippen LogP) is -0.230. The number of aromatic hydroxyl groups is 1. The summed E-state index contributed by atoms with van der Waals surface area (Å²) in [5.41, 5.74) is 13.9. The first-order valence-electron chi connectivity index (χ1n) is 9.78. The number of hydrogen-bond acceptors (Lipinski definition) is 10. The molecule has 0 saturated heterocycles. The van der Waals surface area contributed by atoms with Crippen molar-refractivity contribution in [3.8, 4) is 5.75 Å². The van der Waals surface area contributed by atoms with Gasteiger partial charge in [0.15, 0.2) is 10.7 Å². The van der Waals surface area contributed by atoms with E-state index in [1.807, 2.05) is 0 Å². The Hall–Kier alpha value is -4.20. The van der Waals surface area contributed by atoms with Gasteiger partial charge in [-0.3, -0.25) is 4.79 Å². The van der Waals surface area contributed by atoms with E-state index in [4.69, 9.17) is 20.6 Å². The van der Waals surface area contributed by atoms with E-state index in [0.717, 1.165) is 11.8 Å². The largest absolute Gasteiger partial charge is 0.508 e. The van der Waals surface area contributed by atoms with Crippen LogP contribution < -0.4 is 22.2 Å². The zero-order valence-electron chi connectivity index (χ0n) is 17.8. The Kier molecular flexibility index (Phi) is 9.11. The van der Waals surface area contributed by atoms with E-state index in [1.165, 1.54) is 19.2 Å². The molecule has 2 atom stereocenters. The molecule has 14 heteroatoms. The van der Waals surface area contributed by atoms with Crippen molar-refractivity contribution < 1.29 is 28.9 Å². The molecule has 1 amide bonds. The summed E-state index contributed by atoms with van der Waals surface area (Å²) in [4.78, 5) is 42.7. The van der Waals surface area contributed by atoms with E-state index in [2.05, 4.69) is 15.3 Å². The van der Waals surface area contributed by atoms with Gasteiger partial charge in [0.25, 0.3) is 11.9 Å². The van der Waals surface area contributed by atoms with Crippen molar-refractivity contribution in [3.05, 3.63) is 57.8 Å². The number of carbonyl (C=O) groups is 2. The summed E-state index contributed by atoms with van der Waals surface area (Å²) in [7, 11) is 1.18. The Labute approximate surface area is 188 Å². The summed E-state index contributed by atoms with van der Waals surface area (Å²) >= 11 is 0. The van der Waals surface area contributed by atoms with Gasteiger partial charge in [0.05, 0.1) is 13.2 Å². The average molecular weight is 463 g/mol. The maximum Gasteiger partial charge on any atom is 0.328 e. The molecule has 2 rings (SSSR count). The lowest BCUT2D eigenvalue weighted by Crippen LogP contribution is -2.42. The number of phenols is 1. The van der Waals surface area contributed by atoms with Gasteiger partial charge in [-0.25, -0.2) is 24.9 Å². The Morgan fingerprint density at radius 2 is 2.06 bits per heavy atom. The van der Waals surface area contributed by atoms with Crippen LogP contribution in [0.15, 0.2) is 39.9 Å². The van der Waals surface area contributed by atoms with Crippen molar-refractivity contribution in [3.63, 3.8) is 0 Å². The fraction of sp³-hybridized carbons (Fsp3) is 0.368. The van der Waals surface area contributed by atoms with Crippen molar-refractivity contribution >= 4 is 17.8 Å². The van der Waals surface area contributed by atoms with Crippen LogP contribution in [0.3, 0.4) is 0 Å². The van der Waals surface area contributed by atoms with Gasteiger partial charge in [-0.15, -0.1) is 0 Å². The number of benzene rings is 1. The third-order valence-electron chi connectivity index (χ3n) is 4.39.